The highest BCUT2D eigenvalue weighted by molar-refractivity contribution is 6.35. The molecule has 4 nitrogen and oxygen atoms in total. The van der Waals surface area contributed by atoms with Crippen LogP contribution in [0, 0.1) is 0 Å². The lowest BCUT2D eigenvalue weighted by Gasteiger charge is -1.93. The van der Waals surface area contributed by atoms with Crippen molar-refractivity contribution in [1.82, 2.24) is 15.2 Å². The van der Waals surface area contributed by atoms with E-state index in [1.807, 2.05) is 0 Å². The zero-order valence-corrected chi connectivity index (χ0v) is 6.67. The highest BCUT2D eigenvalue weighted by Crippen LogP contribution is 2.19. The number of aldehydes is 1. The predicted octanol–water partition coefficient (Wildman–Crippen LogP) is 1.42. The molecule has 0 spiro atoms. The van der Waals surface area contributed by atoms with Gasteiger partial charge >= 0.3 is 0 Å². The van der Waals surface area contributed by atoms with Gasteiger partial charge in [-0.15, -0.1) is 0 Å². The summed E-state index contributed by atoms with van der Waals surface area (Å²) >= 11 is 5.81. The molecule has 0 unspecified atom stereocenters. The molecular weight excluding hydrogens is 178 g/mol. The third-order valence-corrected chi connectivity index (χ3v) is 1.80. The monoisotopic (exact) mass is 181 g/mol. The van der Waals surface area contributed by atoms with E-state index in [0.29, 0.717) is 28.0 Å². The molecule has 0 saturated carbocycles. The van der Waals surface area contributed by atoms with Crippen molar-refractivity contribution in [2.24, 2.45) is 0 Å². The molecule has 2 rings (SSSR count). The molecule has 0 bridgehead atoms. The van der Waals surface area contributed by atoms with Crippen LogP contribution in [0.4, 0.5) is 0 Å². The first-order valence-corrected chi connectivity index (χ1v) is 3.64. The van der Waals surface area contributed by atoms with Crippen LogP contribution in [0.1, 0.15) is 10.5 Å². The maximum atomic E-state index is 10.4. The summed E-state index contributed by atoms with van der Waals surface area (Å²) in [7, 11) is 0. The summed E-state index contributed by atoms with van der Waals surface area (Å²) < 4.78 is 0. The van der Waals surface area contributed by atoms with Gasteiger partial charge in [0.2, 0.25) is 0 Å². The first-order chi connectivity index (χ1) is 5.81. The fourth-order valence-electron chi connectivity index (χ4n) is 0.974. The van der Waals surface area contributed by atoms with E-state index >= 15 is 0 Å². The average molecular weight is 182 g/mol. The highest BCUT2D eigenvalue weighted by atomic mass is 35.5. The molecule has 5 heteroatoms. The van der Waals surface area contributed by atoms with E-state index in [4.69, 9.17) is 11.6 Å². The number of rotatable bonds is 1. The summed E-state index contributed by atoms with van der Waals surface area (Å²) in [5.74, 6) is 0. The molecule has 0 fully saturated rings. The van der Waals surface area contributed by atoms with E-state index < -0.39 is 0 Å². The number of pyridine rings is 1. The van der Waals surface area contributed by atoms with Crippen LogP contribution in [0.2, 0.25) is 5.02 Å². The molecular formula is C7H4ClN3O. The average Bonchev–Trinajstić information content (AvgIpc) is 2.52. The van der Waals surface area contributed by atoms with E-state index in [2.05, 4.69) is 15.2 Å². The van der Waals surface area contributed by atoms with Crippen LogP contribution in [0.3, 0.4) is 0 Å². The summed E-state index contributed by atoms with van der Waals surface area (Å²) in [6.07, 6.45) is 2.17. The quantitative estimate of drug-likeness (QED) is 0.677. The van der Waals surface area contributed by atoms with Gasteiger partial charge in [0, 0.05) is 0 Å². The van der Waals surface area contributed by atoms with Crippen LogP contribution in [-0.4, -0.2) is 21.5 Å². The molecule has 2 aromatic heterocycles. The Kier molecular flexibility index (Phi) is 1.55. The molecule has 1 N–H and O–H groups in total. The number of halogens is 1. The number of aromatic amines is 1. The molecule has 0 atom stereocenters. The maximum absolute atomic E-state index is 10.4. The minimum absolute atomic E-state index is 0.314. The van der Waals surface area contributed by atoms with E-state index in [0.717, 1.165) is 0 Å². The van der Waals surface area contributed by atoms with Crippen LogP contribution in [0.15, 0.2) is 12.3 Å². The largest absolute Gasteiger partial charge is 0.296 e. The van der Waals surface area contributed by atoms with Crippen molar-refractivity contribution in [3.05, 3.63) is 23.0 Å². The molecule has 0 saturated heterocycles. The second kappa shape index (κ2) is 2.57. The SMILES string of the molecule is O=Cc1cc(Cl)c2[nH]ncc2n1. The highest BCUT2D eigenvalue weighted by Gasteiger charge is 2.04. The summed E-state index contributed by atoms with van der Waals surface area (Å²) in [5, 5.41) is 6.89. The lowest BCUT2D eigenvalue weighted by molar-refractivity contribution is 0.111. The number of nitrogens with one attached hydrogen (secondary N) is 1. The van der Waals surface area contributed by atoms with E-state index in [-0.39, 0.29) is 0 Å². The molecule has 0 aromatic carbocycles. The molecule has 0 aliphatic heterocycles. The van der Waals surface area contributed by atoms with E-state index in [1.54, 1.807) is 0 Å². The minimum Gasteiger partial charge on any atom is -0.296 e. The number of hydrogen-bond acceptors (Lipinski definition) is 3. The van der Waals surface area contributed by atoms with Crippen LogP contribution >= 0.6 is 11.6 Å². The topological polar surface area (TPSA) is 58.6 Å². The Labute approximate surface area is 72.6 Å². The zero-order chi connectivity index (χ0) is 8.55. The van der Waals surface area contributed by atoms with Gasteiger partial charge in [0.25, 0.3) is 0 Å². The molecule has 2 aromatic rings. The smallest absolute Gasteiger partial charge is 0.168 e. The third-order valence-electron chi connectivity index (χ3n) is 1.50. The maximum Gasteiger partial charge on any atom is 0.168 e. The van der Waals surface area contributed by atoms with Crippen molar-refractivity contribution in [3.63, 3.8) is 0 Å². The number of nitrogens with zero attached hydrogens (tertiary/aromatic N) is 2. The fourth-order valence-corrected chi connectivity index (χ4v) is 1.22. The van der Waals surface area contributed by atoms with Gasteiger partial charge in [-0.1, -0.05) is 11.6 Å². The number of H-pyrrole nitrogens is 1. The van der Waals surface area contributed by atoms with Crippen molar-refractivity contribution >= 4 is 28.9 Å². The van der Waals surface area contributed by atoms with Gasteiger partial charge in [-0.05, 0) is 6.07 Å². The lowest BCUT2D eigenvalue weighted by Crippen LogP contribution is -1.86. The Hall–Kier alpha value is -1.42. The Bertz CT molecular complexity index is 437. The molecule has 0 aliphatic rings. The second-order valence-electron chi connectivity index (χ2n) is 2.28. The number of fused-ring (bicyclic) bond motifs is 1. The fraction of sp³-hybridized carbons (Fsp3) is 0. The summed E-state index contributed by atoms with van der Waals surface area (Å²) in [6, 6.07) is 1.50. The van der Waals surface area contributed by atoms with Gasteiger partial charge in [-0.2, -0.15) is 5.10 Å². The van der Waals surface area contributed by atoms with Gasteiger partial charge < -0.3 is 0 Å². The van der Waals surface area contributed by atoms with Gasteiger partial charge in [0.15, 0.2) is 6.29 Å². The van der Waals surface area contributed by atoms with Crippen LogP contribution in [-0.2, 0) is 0 Å². The summed E-state index contributed by atoms with van der Waals surface area (Å²) in [4.78, 5) is 14.3. The van der Waals surface area contributed by atoms with Gasteiger partial charge in [-0.25, -0.2) is 4.98 Å². The number of carbonyl (C=O) groups excluding carboxylic acids is 1. The molecule has 0 amide bonds. The zero-order valence-electron chi connectivity index (χ0n) is 5.91. The van der Waals surface area contributed by atoms with Gasteiger partial charge in [-0.3, -0.25) is 9.89 Å². The normalized spacial score (nSPS) is 10.4. The standard InChI is InChI=1S/C7H4ClN3O/c8-5-1-4(3-12)10-6-2-9-11-7(5)6/h1-3H,(H,9,11). The lowest BCUT2D eigenvalue weighted by atomic mass is 10.3. The van der Waals surface area contributed by atoms with Crippen molar-refractivity contribution in [3.8, 4) is 0 Å². The number of aromatic nitrogens is 3. The number of hydrogen-bond donors (Lipinski definition) is 1. The molecule has 2 heterocycles. The minimum atomic E-state index is 0.314. The first-order valence-electron chi connectivity index (χ1n) is 3.26. The first kappa shape index (κ1) is 7.24. The Balaban J connectivity index is 2.83. The summed E-state index contributed by atoms with van der Waals surface area (Å²) in [6.45, 7) is 0. The second-order valence-corrected chi connectivity index (χ2v) is 2.68. The van der Waals surface area contributed by atoms with Crippen LogP contribution < -0.4 is 0 Å². The van der Waals surface area contributed by atoms with Gasteiger partial charge in [0.1, 0.15) is 16.7 Å². The van der Waals surface area contributed by atoms with Crippen molar-refractivity contribution in [2.75, 3.05) is 0 Å². The molecule has 60 valence electrons. The number of carbonyl (C=O) groups is 1. The third kappa shape index (κ3) is 0.967. The van der Waals surface area contributed by atoms with Gasteiger partial charge in [0.05, 0.1) is 11.2 Å². The van der Waals surface area contributed by atoms with E-state index in [1.165, 1.54) is 12.3 Å². The van der Waals surface area contributed by atoms with Crippen molar-refractivity contribution in [1.29, 1.82) is 0 Å². The molecule has 0 aliphatic carbocycles. The Morgan fingerprint density at radius 2 is 2.42 bits per heavy atom. The summed E-state index contributed by atoms with van der Waals surface area (Å²) in [5.41, 5.74) is 1.57. The molecule has 12 heavy (non-hydrogen) atoms. The van der Waals surface area contributed by atoms with Crippen molar-refractivity contribution < 1.29 is 4.79 Å². The Morgan fingerprint density at radius 3 is 3.17 bits per heavy atom. The molecule has 0 radical (unpaired) electrons. The van der Waals surface area contributed by atoms with Crippen LogP contribution in [0.5, 0.6) is 0 Å². The van der Waals surface area contributed by atoms with E-state index in [9.17, 15) is 4.79 Å². The Morgan fingerprint density at radius 1 is 1.58 bits per heavy atom. The van der Waals surface area contributed by atoms with Crippen LogP contribution in [0.25, 0.3) is 11.0 Å². The predicted molar refractivity (Wildman–Crippen MR) is 44.3 cm³/mol. The van der Waals surface area contributed by atoms with Crippen molar-refractivity contribution in [2.45, 2.75) is 0 Å².